The Hall–Kier alpha value is -2.10. The van der Waals surface area contributed by atoms with Crippen LogP contribution in [-0.4, -0.2) is 18.5 Å². The van der Waals surface area contributed by atoms with Gasteiger partial charge in [0.15, 0.2) is 0 Å². The summed E-state index contributed by atoms with van der Waals surface area (Å²) in [5.41, 5.74) is 1.98. The van der Waals surface area contributed by atoms with E-state index >= 15 is 0 Å². The second-order valence-electron chi connectivity index (χ2n) is 4.33. The molecule has 0 aliphatic heterocycles. The maximum atomic E-state index is 11.7. The van der Waals surface area contributed by atoms with Gasteiger partial charge in [0.25, 0.3) is 0 Å². The molecular formula is C15H19NO3. The number of carbonyl (C=O) groups excluding carboxylic acids is 2. The van der Waals surface area contributed by atoms with Crippen LogP contribution in [0.15, 0.2) is 36.4 Å². The summed E-state index contributed by atoms with van der Waals surface area (Å²) in [6.45, 7) is 7.78. The Morgan fingerprint density at radius 3 is 2.47 bits per heavy atom. The zero-order valence-electron chi connectivity index (χ0n) is 11.4. The van der Waals surface area contributed by atoms with Crippen molar-refractivity contribution < 1.29 is 14.3 Å². The first-order chi connectivity index (χ1) is 9.02. The third-order valence-corrected chi connectivity index (χ3v) is 2.44. The minimum atomic E-state index is -0.513. The maximum Gasteiger partial charge on any atom is 0.333 e. The second-order valence-corrected chi connectivity index (χ2v) is 4.33. The van der Waals surface area contributed by atoms with Gasteiger partial charge < -0.3 is 10.1 Å². The van der Waals surface area contributed by atoms with Crippen molar-refractivity contribution in [3.05, 3.63) is 42.0 Å². The fourth-order valence-electron chi connectivity index (χ4n) is 1.40. The van der Waals surface area contributed by atoms with Gasteiger partial charge in [0, 0.05) is 11.3 Å². The van der Waals surface area contributed by atoms with Crippen molar-refractivity contribution in [2.75, 3.05) is 11.9 Å². The lowest BCUT2D eigenvalue weighted by atomic mass is 10.2. The lowest BCUT2D eigenvalue weighted by Crippen LogP contribution is -2.16. The first kappa shape index (κ1) is 15.0. The van der Waals surface area contributed by atoms with E-state index in [9.17, 15) is 9.59 Å². The van der Waals surface area contributed by atoms with Crippen LogP contribution in [0.1, 0.15) is 25.3 Å². The predicted molar refractivity (Wildman–Crippen MR) is 74.8 cm³/mol. The van der Waals surface area contributed by atoms with E-state index in [-0.39, 0.29) is 17.9 Å². The quantitative estimate of drug-likeness (QED) is 0.633. The van der Waals surface area contributed by atoms with Gasteiger partial charge >= 0.3 is 5.97 Å². The molecule has 0 saturated heterocycles. The summed E-state index contributed by atoms with van der Waals surface area (Å²) < 4.78 is 4.90. The first-order valence-electron chi connectivity index (χ1n) is 6.24. The lowest BCUT2D eigenvalue weighted by Gasteiger charge is -2.07. The summed E-state index contributed by atoms with van der Waals surface area (Å²) in [4.78, 5) is 23.1. The van der Waals surface area contributed by atoms with Gasteiger partial charge in [-0.25, -0.2) is 4.79 Å². The van der Waals surface area contributed by atoms with Crippen molar-refractivity contribution in [3.63, 3.8) is 0 Å². The Morgan fingerprint density at radius 2 is 1.89 bits per heavy atom. The van der Waals surface area contributed by atoms with E-state index in [1.54, 1.807) is 0 Å². The van der Waals surface area contributed by atoms with Crippen LogP contribution in [0.4, 0.5) is 5.69 Å². The molecule has 0 aliphatic rings. The van der Waals surface area contributed by atoms with Crippen LogP contribution in [0.3, 0.4) is 0 Å². The number of benzene rings is 1. The molecule has 4 heteroatoms. The Morgan fingerprint density at radius 1 is 1.26 bits per heavy atom. The lowest BCUT2D eigenvalue weighted by molar-refractivity contribution is -0.139. The molecule has 4 nitrogen and oxygen atoms in total. The molecule has 1 amide bonds. The molecule has 0 unspecified atom stereocenters. The molecule has 0 spiro atoms. The first-order valence-corrected chi connectivity index (χ1v) is 6.24. The summed E-state index contributed by atoms with van der Waals surface area (Å²) in [5, 5.41) is 2.70. The highest BCUT2D eigenvalue weighted by molar-refractivity contribution is 5.99. The van der Waals surface area contributed by atoms with Crippen LogP contribution in [0, 0.1) is 6.92 Å². The Labute approximate surface area is 113 Å². The number of amides is 1. The SMILES string of the molecule is C=C(CC(=O)Nc1ccc(C)cc1)C(=O)OCCC. The molecule has 1 rings (SSSR count). The molecule has 0 heterocycles. The van der Waals surface area contributed by atoms with Crippen molar-refractivity contribution in [2.45, 2.75) is 26.7 Å². The van der Waals surface area contributed by atoms with Gasteiger partial charge in [0.05, 0.1) is 13.0 Å². The van der Waals surface area contributed by atoms with Crippen LogP contribution in [-0.2, 0) is 14.3 Å². The number of carbonyl (C=O) groups is 2. The smallest absolute Gasteiger partial charge is 0.333 e. The molecule has 0 aliphatic carbocycles. The molecule has 0 aromatic heterocycles. The van der Waals surface area contributed by atoms with Crippen LogP contribution >= 0.6 is 0 Å². The zero-order valence-corrected chi connectivity index (χ0v) is 11.4. The van der Waals surface area contributed by atoms with E-state index in [0.29, 0.717) is 12.3 Å². The second kappa shape index (κ2) is 7.36. The highest BCUT2D eigenvalue weighted by Crippen LogP contribution is 2.10. The molecule has 0 fully saturated rings. The number of esters is 1. The van der Waals surface area contributed by atoms with E-state index in [4.69, 9.17) is 4.74 Å². The Bertz CT molecular complexity index is 463. The number of anilines is 1. The van der Waals surface area contributed by atoms with Crippen LogP contribution in [0.2, 0.25) is 0 Å². The number of nitrogens with one attached hydrogen (secondary N) is 1. The van der Waals surface area contributed by atoms with Gasteiger partial charge in [-0.05, 0) is 25.5 Å². The third kappa shape index (κ3) is 5.38. The molecule has 102 valence electrons. The monoisotopic (exact) mass is 261 g/mol. The maximum absolute atomic E-state index is 11.7. The van der Waals surface area contributed by atoms with Crippen molar-refractivity contribution in [1.29, 1.82) is 0 Å². The van der Waals surface area contributed by atoms with Gasteiger partial charge in [-0.2, -0.15) is 0 Å². The van der Waals surface area contributed by atoms with E-state index in [1.807, 2.05) is 38.1 Å². The Kier molecular flexibility index (Phi) is 5.79. The molecule has 1 aromatic carbocycles. The summed E-state index contributed by atoms with van der Waals surface area (Å²) >= 11 is 0. The van der Waals surface area contributed by atoms with Crippen molar-refractivity contribution in [1.82, 2.24) is 0 Å². The van der Waals surface area contributed by atoms with Crippen LogP contribution < -0.4 is 5.32 Å². The summed E-state index contributed by atoms with van der Waals surface area (Å²) in [6.07, 6.45) is 0.686. The van der Waals surface area contributed by atoms with E-state index in [2.05, 4.69) is 11.9 Å². The van der Waals surface area contributed by atoms with Crippen molar-refractivity contribution >= 4 is 17.6 Å². The minimum Gasteiger partial charge on any atom is -0.462 e. The average Bonchev–Trinajstić information content (AvgIpc) is 2.38. The highest BCUT2D eigenvalue weighted by Gasteiger charge is 2.12. The standard InChI is InChI=1S/C15H19NO3/c1-4-9-19-15(18)12(3)10-14(17)16-13-7-5-11(2)6-8-13/h5-8H,3-4,9-10H2,1-2H3,(H,16,17). The number of hydrogen-bond donors (Lipinski definition) is 1. The average molecular weight is 261 g/mol. The van der Waals surface area contributed by atoms with Gasteiger partial charge in [0.1, 0.15) is 0 Å². The number of ether oxygens (including phenoxy) is 1. The third-order valence-electron chi connectivity index (χ3n) is 2.44. The van der Waals surface area contributed by atoms with Gasteiger partial charge in [-0.1, -0.05) is 31.2 Å². The normalized spacial score (nSPS) is 9.79. The minimum absolute atomic E-state index is 0.0591. The zero-order chi connectivity index (χ0) is 14.3. The molecule has 0 saturated carbocycles. The summed E-state index contributed by atoms with van der Waals surface area (Å²) in [6, 6.07) is 7.43. The molecule has 0 atom stereocenters. The fraction of sp³-hybridized carbons (Fsp3) is 0.333. The van der Waals surface area contributed by atoms with Crippen LogP contribution in [0.25, 0.3) is 0 Å². The molecule has 1 aromatic rings. The van der Waals surface area contributed by atoms with Gasteiger partial charge in [-0.3, -0.25) is 4.79 Å². The van der Waals surface area contributed by atoms with Crippen molar-refractivity contribution in [2.24, 2.45) is 0 Å². The van der Waals surface area contributed by atoms with Gasteiger partial charge in [0.2, 0.25) is 5.91 Å². The predicted octanol–water partition coefficient (Wildman–Crippen LogP) is 2.83. The number of aryl methyl sites for hydroxylation is 1. The Balaban J connectivity index is 2.44. The van der Waals surface area contributed by atoms with E-state index in [1.165, 1.54) is 0 Å². The molecule has 0 bridgehead atoms. The molecule has 19 heavy (non-hydrogen) atoms. The number of rotatable bonds is 6. The molecule has 0 radical (unpaired) electrons. The highest BCUT2D eigenvalue weighted by atomic mass is 16.5. The topological polar surface area (TPSA) is 55.4 Å². The fourth-order valence-corrected chi connectivity index (χ4v) is 1.40. The van der Waals surface area contributed by atoms with Crippen molar-refractivity contribution in [3.8, 4) is 0 Å². The van der Waals surface area contributed by atoms with Crippen LogP contribution in [0.5, 0.6) is 0 Å². The van der Waals surface area contributed by atoms with E-state index < -0.39 is 5.97 Å². The summed E-state index contributed by atoms with van der Waals surface area (Å²) in [5.74, 6) is -0.789. The molecule has 1 N–H and O–H groups in total. The summed E-state index contributed by atoms with van der Waals surface area (Å²) in [7, 11) is 0. The van der Waals surface area contributed by atoms with Gasteiger partial charge in [-0.15, -0.1) is 0 Å². The number of hydrogen-bond acceptors (Lipinski definition) is 3. The molecular weight excluding hydrogens is 242 g/mol. The largest absolute Gasteiger partial charge is 0.462 e. The van der Waals surface area contributed by atoms with E-state index in [0.717, 1.165) is 12.0 Å².